The molecule has 1 atom stereocenters. The fourth-order valence-corrected chi connectivity index (χ4v) is 2.12. The van der Waals surface area contributed by atoms with Gasteiger partial charge in [0, 0.05) is 12.7 Å². The van der Waals surface area contributed by atoms with Gasteiger partial charge in [-0.3, -0.25) is 4.90 Å². The van der Waals surface area contributed by atoms with Gasteiger partial charge >= 0.3 is 0 Å². The van der Waals surface area contributed by atoms with E-state index in [1.165, 1.54) is 31.5 Å². The summed E-state index contributed by atoms with van der Waals surface area (Å²) in [5.41, 5.74) is 1.20. The third-order valence-electron chi connectivity index (χ3n) is 3.02. The van der Waals surface area contributed by atoms with Gasteiger partial charge in [0.2, 0.25) is 0 Å². The Kier molecular flexibility index (Phi) is 2.87. The van der Waals surface area contributed by atoms with E-state index in [1.807, 2.05) is 10.9 Å². The Morgan fingerprint density at radius 3 is 3.07 bits per heavy atom. The largest absolute Gasteiger partial charge is 0.337 e. The topological polar surface area (TPSA) is 21.1 Å². The average molecular weight is 192 g/mol. The summed E-state index contributed by atoms with van der Waals surface area (Å²) < 4.78 is 2.04. The standard InChI is InChI=1S/C11H18N3/c1-3-14-8-10(12-9-14)11-6-4-5-7-13(11)2/h8-9,11H,1,3-7H2,2H3. The van der Waals surface area contributed by atoms with Crippen LogP contribution in [0.5, 0.6) is 0 Å². The first-order chi connectivity index (χ1) is 6.81. The van der Waals surface area contributed by atoms with E-state index >= 15 is 0 Å². The molecular weight excluding hydrogens is 174 g/mol. The number of likely N-dealkylation sites (tertiary alicyclic amines) is 1. The molecule has 3 nitrogen and oxygen atoms in total. The van der Waals surface area contributed by atoms with Crippen LogP contribution in [0.25, 0.3) is 0 Å². The summed E-state index contributed by atoms with van der Waals surface area (Å²) in [5, 5.41) is 0. The molecule has 77 valence electrons. The van der Waals surface area contributed by atoms with Crippen molar-refractivity contribution in [2.45, 2.75) is 31.8 Å². The first-order valence-electron chi connectivity index (χ1n) is 5.32. The Hall–Kier alpha value is -0.830. The maximum Gasteiger partial charge on any atom is 0.0950 e. The third-order valence-corrected chi connectivity index (χ3v) is 3.02. The van der Waals surface area contributed by atoms with E-state index in [-0.39, 0.29) is 0 Å². The Morgan fingerprint density at radius 1 is 1.57 bits per heavy atom. The molecule has 0 bridgehead atoms. The number of hydrogen-bond donors (Lipinski definition) is 0. The Balaban J connectivity index is 2.12. The summed E-state index contributed by atoms with van der Waals surface area (Å²) in [6.45, 7) is 5.81. The zero-order valence-corrected chi connectivity index (χ0v) is 8.82. The van der Waals surface area contributed by atoms with Gasteiger partial charge in [0.25, 0.3) is 0 Å². The lowest BCUT2D eigenvalue weighted by Gasteiger charge is -2.31. The van der Waals surface area contributed by atoms with Gasteiger partial charge in [0.05, 0.1) is 18.1 Å². The summed E-state index contributed by atoms with van der Waals surface area (Å²) in [6.07, 6.45) is 7.89. The summed E-state index contributed by atoms with van der Waals surface area (Å²) in [7, 11) is 2.19. The lowest BCUT2D eigenvalue weighted by Crippen LogP contribution is -2.29. The van der Waals surface area contributed by atoms with Gasteiger partial charge in [-0.25, -0.2) is 4.98 Å². The van der Waals surface area contributed by atoms with E-state index in [9.17, 15) is 0 Å². The van der Waals surface area contributed by atoms with E-state index in [1.54, 1.807) is 0 Å². The van der Waals surface area contributed by atoms with Crippen molar-refractivity contribution in [3.63, 3.8) is 0 Å². The van der Waals surface area contributed by atoms with Gasteiger partial charge < -0.3 is 4.57 Å². The van der Waals surface area contributed by atoms with Crippen LogP contribution in [0.3, 0.4) is 0 Å². The average Bonchev–Trinajstić information content (AvgIpc) is 2.67. The zero-order chi connectivity index (χ0) is 9.97. The minimum absolute atomic E-state index is 0.525. The Bertz CT molecular complexity index is 292. The van der Waals surface area contributed by atoms with Crippen molar-refractivity contribution in [3.8, 4) is 0 Å². The highest BCUT2D eigenvalue weighted by atomic mass is 15.2. The molecule has 1 aromatic heterocycles. The van der Waals surface area contributed by atoms with Crippen molar-refractivity contribution in [1.82, 2.24) is 14.5 Å². The molecule has 1 aliphatic rings. The molecule has 0 spiro atoms. The molecule has 3 heteroatoms. The van der Waals surface area contributed by atoms with Crippen LogP contribution >= 0.6 is 0 Å². The number of rotatable bonds is 2. The molecule has 1 aromatic rings. The number of imidazole rings is 1. The molecule has 1 fully saturated rings. The predicted octanol–water partition coefficient (Wildman–Crippen LogP) is 1.87. The van der Waals surface area contributed by atoms with Crippen molar-refractivity contribution in [2.75, 3.05) is 13.6 Å². The van der Waals surface area contributed by atoms with Crippen molar-refractivity contribution in [2.24, 2.45) is 0 Å². The van der Waals surface area contributed by atoms with Crippen LogP contribution in [0, 0.1) is 6.92 Å². The molecule has 2 heterocycles. The van der Waals surface area contributed by atoms with Crippen LogP contribution in [0.4, 0.5) is 0 Å². The number of nitrogens with zero attached hydrogens (tertiary/aromatic N) is 3. The molecule has 0 aromatic carbocycles. The van der Waals surface area contributed by atoms with Crippen LogP contribution < -0.4 is 0 Å². The normalized spacial score (nSPS) is 24.0. The zero-order valence-electron chi connectivity index (χ0n) is 8.82. The Labute approximate surface area is 85.7 Å². The molecule has 0 N–H and O–H groups in total. The minimum atomic E-state index is 0.525. The van der Waals surface area contributed by atoms with Crippen LogP contribution in [-0.2, 0) is 6.54 Å². The summed E-state index contributed by atoms with van der Waals surface area (Å²) >= 11 is 0. The fourth-order valence-electron chi connectivity index (χ4n) is 2.12. The second kappa shape index (κ2) is 4.13. The molecular formula is C11H18N3. The molecule has 1 unspecified atom stereocenters. The van der Waals surface area contributed by atoms with Crippen LogP contribution in [0.2, 0.25) is 0 Å². The molecule has 0 saturated carbocycles. The number of piperidine rings is 1. The van der Waals surface area contributed by atoms with E-state index in [4.69, 9.17) is 0 Å². The van der Waals surface area contributed by atoms with E-state index in [0.29, 0.717) is 6.04 Å². The predicted molar refractivity (Wildman–Crippen MR) is 56.8 cm³/mol. The highest BCUT2D eigenvalue weighted by Gasteiger charge is 2.22. The summed E-state index contributed by atoms with van der Waals surface area (Å²) in [4.78, 5) is 6.84. The quantitative estimate of drug-likeness (QED) is 0.713. The molecule has 1 aliphatic heterocycles. The minimum Gasteiger partial charge on any atom is -0.337 e. The van der Waals surface area contributed by atoms with Crippen molar-refractivity contribution < 1.29 is 0 Å². The highest BCUT2D eigenvalue weighted by molar-refractivity contribution is 5.05. The lowest BCUT2D eigenvalue weighted by atomic mass is 10.0. The van der Waals surface area contributed by atoms with Gasteiger partial charge in [-0.15, -0.1) is 0 Å². The number of hydrogen-bond acceptors (Lipinski definition) is 2. The molecule has 0 aliphatic carbocycles. The second-order valence-corrected chi connectivity index (χ2v) is 4.03. The summed E-state index contributed by atoms with van der Waals surface area (Å²) in [6, 6.07) is 0.525. The molecule has 1 radical (unpaired) electrons. The van der Waals surface area contributed by atoms with Gasteiger partial charge in [0.1, 0.15) is 0 Å². The van der Waals surface area contributed by atoms with Crippen LogP contribution in [0.15, 0.2) is 12.5 Å². The van der Waals surface area contributed by atoms with E-state index in [0.717, 1.165) is 6.54 Å². The van der Waals surface area contributed by atoms with Crippen LogP contribution in [-0.4, -0.2) is 28.0 Å². The van der Waals surface area contributed by atoms with E-state index < -0.39 is 0 Å². The van der Waals surface area contributed by atoms with Gasteiger partial charge in [-0.1, -0.05) is 6.42 Å². The summed E-state index contributed by atoms with van der Waals surface area (Å²) in [5.74, 6) is 0. The molecule has 1 saturated heterocycles. The van der Waals surface area contributed by atoms with Gasteiger partial charge in [0.15, 0.2) is 0 Å². The monoisotopic (exact) mass is 192 g/mol. The first kappa shape index (κ1) is 9.71. The lowest BCUT2D eigenvalue weighted by molar-refractivity contribution is 0.184. The maximum atomic E-state index is 4.44. The van der Waals surface area contributed by atoms with Crippen molar-refractivity contribution in [3.05, 3.63) is 25.1 Å². The third kappa shape index (κ3) is 1.82. The molecule has 14 heavy (non-hydrogen) atoms. The van der Waals surface area contributed by atoms with E-state index in [2.05, 4.69) is 30.1 Å². The van der Waals surface area contributed by atoms with Crippen molar-refractivity contribution >= 4 is 0 Å². The smallest absolute Gasteiger partial charge is 0.0950 e. The first-order valence-corrected chi connectivity index (χ1v) is 5.32. The highest BCUT2D eigenvalue weighted by Crippen LogP contribution is 2.27. The van der Waals surface area contributed by atoms with Crippen LogP contribution in [0.1, 0.15) is 31.0 Å². The molecule has 2 rings (SSSR count). The number of aromatic nitrogens is 2. The fraction of sp³-hybridized carbons (Fsp3) is 0.636. The van der Waals surface area contributed by atoms with Gasteiger partial charge in [-0.2, -0.15) is 0 Å². The van der Waals surface area contributed by atoms with Crippen molar-refractivity contribution in [1.29, 1.82) is 0 Å². The van der Waals surface area contributed by atoms with Gasteiger partial charge in [-0.05, 0) is 33.4 Å². The maximum absolute atomic E-state index is 4.44. The SMILES string of the molecule is [CH2]Cn1cnc(C2CCCCN2C)c1. The molecule has 0 amide bonds. The Morgan fingerprint density at radius 2 is 2.43 bits per heavy atom. The second-order valence-electron chi connectivity index (χ2n) is 4.03.